The summed E-state index contributed by atoms with van der Waals surface area (Å²) in [6.07, 6.45) is 2.66. The minimum atomic E-state index is -3.72. The summed E-state index contributed by atoms with van der Waals surface area (Å²) in [6, 6.07) is 10.7. The monoisotopic (exact) mass is 480 g/mol. The molecule has 7 nitrogen and oxygen atoms in total. The van der Waals surface area contributed by atoms with Gasteiger partial charge in [-0.25, -0.2) is 9.38 Å². The van der Waals surface area contributed by atoms with E-state index in [9.17, 15) is 13.2 Å². The van der Waals surface area contributed by atoms with E-state index in [-0.39, 0.29) is 17.1 Å². The fourth-order valence-corrected chi connectivity index (χ4v) is 4.93. The second-order valence-corrected chi connectivity index (χ2v) is 9.39. The topological polar surface area (TPSA) is 87.0 Å². The first-order valence-corrected chi connectivity index (χ1v) is 11.4. The van der Waals surface area contributed by atoms with Gasteiger partial charge in [0.25, 0.3) is 5.56 Å². The summed E-state index contributed by atoms with van der Waals surface area (Å²) in [6.45, 7) is 0. The Kier molecular flexibility index (Phi) is 4.64. The zero-order chi connectivity index (χ0) is 20.1. The number of methoxy groups -OCH3 is 1. The zero-order valence-electron chi connectivity index (χ0n) is 14.7. The molecule has 4 rings (SSSR count). The van der Waals surface area contributed by atoms with E-state index in [1.54, 1.807) is 22.6 Å². The summed E-state index contributed by atoms with van der Waals surface area (Å²) in [4.78, 5) is 18.0. The molecule has 10 heteroatoms. The van der Waals surface area contributed by atoms with Gasteiger partial charge in [-0.2, -0.15) is 8.42 Å². The molecule has 0 fully saturated rings. The number of hydrogen-bond donors (Lipinski definition) is 0. The molecule has 0 spiro atoms. The Morgan fingerprint density at radius 1 is 1.25 bits per heavy atom. The van der Waals surface area contributed by atoms with E-state index in [0.717, 1.165) is 17.3 Å². The van der Waals surface area contributed by atoms with E-state index in [2.05, 4.69) is 20.9 Å². The number of rotatable bonds is 4. The normalized spacial score (nSPS) is 12.8. The van der Waals surface area contributed by atoms with Gasteiger partial charge in [0.05, 0.1) is 33.4 Å². The van der Waals surface area contributed by atoms with E-state index in [0.29, 0.717) is 19.5 Å². The van der Waals surface area contributed by atoms with Gasteiger partial charge in [-0.05, 0) is 51.8 Å². The fraction of sp³-hybridized carbons (Fsp3) is 0.111. The van der Waals surface area contributed by atoms with Gasteiger partial charge in [0, 0.05) is 0 Å². The third-order valence-corrected chi connectivity index (χ3v) is 5.96. The molecule has 0 aliphatic rings. The number of thiazole rings is 1. The van der Waals surface area contributed by atoms with Crippen molar-refractivity contribution in [1.82, 2.24) is 9.38 Å². The summed E-state index contributed by atoms with van der Waals surface area (Å²) >= 11 is 4.58. The Labute approximate surface area is 172 Å². The number of fused-ring (bicyclic) bond motifs is 3. The smallest absolute Gasteiger partial charge is 0.306 e. The summed E-state index contributed by atoms with van der Waals surface area (Å²) in [5.41, 5.74) is 2.01. The Morgan fingerprint density at radius 3 is 2.71 bits per heavy atom. The van der Waals surface area contributed by atoms with Crippen molar-refractivity contribution in [3.63, 3.8) is 0 Å². The van der Waals surface area contributed by atoms with Crippen molar-refractivity contribution in [2.45, 2.75) is 0 Å². The number of imidazole rings is 1. The second-order valence-electron chi connectivity index (χ2n) is 5.96. The highest BCUT2D eigenvalue weighted by Crippen LogP contribution is 2.37. The Bertz CT molecular complexity index is 1440. The van der Waals surface area contributed by atoms with E-state index in [4.69, 9.17) is 8.92 Å². The van der Waals surface area contributed by atoms with Gasteiger partial charge >= 0.3 is 10.1 Å². The average Bonchev–Trinajstić information content (AvgIpc) is 3.13. The summed E-state index contributed by atoms with van der Waals surface area (Å²) in [7, 11) is -2.31. The summed E-state index contributed by atoms with van der Waals surface area (Å²) < 4.78 is 35.6. The van der Waals surface area contributed by atoms with Crippen molar-refractivity contribution in [2.75, 3.05) is 13.4 Å². The van der Waals surface area contributed by atoms with Crippen LogP contribution in [0.1, 0.15) is 5.56 Å². The molecule has 144 valence electrons. The number of ether oxygens (including phenoxy) is 1. The quantitative estimate of drug-likeness (QED) is 0.417. The molecule has 0 saturated carbocycles. The molecule has 28 heavy (non-hydrogen) atoms. The first-order valence-electron chi connectivity index (χ1n) is 7.95. The SMILES string of the molecule is COc1cc(C=c2sc3nc4ccccc4n3c2=O)cc(Br)c1OS(C)(=O)=O. The van der Waals surface area contributed by atoms with Crippen LogP contribution in [0.4, 0.5) is 0 Å². The highest BCUT2D eigenvalue weighted by Gasteiger charge is 2.16. The maximum Gasteiger partial charge on any atom is 0.306 e. The predicted molar refractivity (Wildman–Crippen MR) is 112 cm³/mol. The summed E-state index contributed by atoms with van der Waals surface area (Å²) in [5, 5.41) is 0. The number of aromatic nitrogens is 2. The summed E-state index contributed by atoms with van der Waals surface area (Å²) in [5.74, 6) is 0.279. The maximum absolute atomic E-state index is 12.9. The molecule has 0 atom stereocenters. The third-order valence-electron chi connectivity index (χ3n) is 3.93. The minimum absolute atomic E-state index is 0.0523. The van der Waals surface area contributed by atoms with Crippen LogP contribution < -0.4 is 19.0 Å². The van der Waals surface area contributed by atoms with Gasteiger partial charge in [-0.15, -0.1) is 0 Å². The van der Waals surface area contributed by atoms with Crippen LogP contribution in [0.25, 0.3) is 22.1 Å². The molecular formula is C18H13BrN2O5S2. The van der Waals surface area contributed by atoms with Crippen LogP contribution in [0.3, 0.4) is 0 Å². The molecule has 0 N–H and O–H groups in total. The molecular weight excluding hydrogens is 468 g/mol. The molecule has 0 aliphatic carbocycles. The van der Waals surface area contributed by atoms with Crippen LogP contribution in [0.2, 0.25) is 0 Å². The van der Waals surface area contributed by atoms with Crippen molar-refractivity contribution in [3.05, 3.63) is 61.3 Å². The first-order chi connectivity index (χ1) is 13.3. The fourth-order valence-electron chi connectivity index (χ4n) is 2.82. The van der Waals surface area contributed by atoms with Crippen molar-refractivity contribution in [1.29, 1.82) is 0 Å². The van der Waals surface area contributed by atoms with Crippen molar-refractivity contribution in [3.8, 4) is 11.5 Å². The van der Waals surface area contributed by atoms with Gasteiger partial charge in [-0.3, -0.25) is 4.79 Å². The van der Waals surface area contributed by atoms with E-state index in [1.165, 1.54) is 18.4 Å². The Balaban J connectivity index is 1.88. The highest BCUT2D eigenvalue weighted by atomic mass is 79.9. The highest BCUT2D eigenvalue weighted by molar-refractivity contribution is 9.10. The van der Waals surface area contributed by atoms with Gasteiger partial charge in [-0.1, -0.05) is 23.5 Å². The number of para-hydroxylation sites is 2. The van der Waals surface area contributed by atoms with Crippen LogP contribution in [0.5, 0.6) is 11.5 Å². The average molecular weight is 481 g/mol. The third kappa shape index (κ3) is 3.38. The lowest BCUT2D eigenvalue weighted by atomic mass is 10.2. The van der Waals surface area contributed by atoms with Crippen LogP contribution in [-0.2, 0) is 10.1 Å². The van der Waals surface area contributed by atoms with Gasteiger partial charge in [0.15, 0.2) is 16.5 Å². The largest absolute Gasteiger partial charge is 0.493 e. The van der Waals surface area contributed by atoms with Crippen LogP contribution >= 0.6 is 27.3 Å². The van der Waals surface area contributed by atoms with E-state index < -0.39 is 10.1 Å². The van der Waals surface area contributed by atoms with Crippen LogP contribution in [-0.4, -0.2) is 31.2 Å². The maximum atomic E-state index is 12.9. The minimum Gasteiger partial charge on any atom is -0.493 e. The van der Waals surface area contributed by atoms with Gasteiger partial charge in [0.1, 0.15) is 0 Å². The number of hydrogen-bond acceptors (Lipinski definition) is 7. The molecule has 0 radical (unpaired) electrons. The second kappa shape index (κ2) is 6.87. The van der Waals surface area contributed by atoms with E-state index in [1.807, 2.05) is 24.3 Å². The molecule has 2 aromatic carbocycles. The molecule has 2 aromatic heterocycles. The standard InChI is InChI=1S/C18H13BrN2O5S2/c1-25-14-8-10(7-11(19)16(14)26-28(2,23)24)9-15-17(22)21-13-6-4-3-5-12(13)20-18(21)27-15/h3-9H,1-2H3. The van der Waals surface area contributed by atoms with Crippen LogP contribution in [0, 0.1) is 0 Å². The van der Waals surface area contributed by atoms with Gasteiger partial charge < -0.3 is 8.92 Å². The van der Waals surface area contributed by atoms with Crippen molar-refractivity contribution < 1.29 is 17.3 Å². The van der Waals surface area contributed by atoms with Crippen molar-refractivity contribution >= 4 is 59.5 Å². The zero-order valence-corrected chi connectivity index (χ0v) is 17.9. The Morgan fingerprint density at radius 2 is 2.00 bits per heavy atom. The van der Waals surface area contributed by atoms with E-state index >= 15 is 0 Å². The molecule has 0 saturated heterocycles. The van der Waals surface area contributed by atoms with Crippen molar-refractivity contribution in [2.24, 2.45) is 0 Å². The molecule has 0 amide bonds. The lowest BCUT2D eigenvalue weighted by Gasteiger charge is -2.11. The predicted octanol–water partition coefficient (Wildman–Crippen LogP) is 2.57. The molecule has 0 bridgehead atoms. The molecule has 2 heterocycles. The Hall–Kier alpha value is -2.43. The van der Waals surface area contributed by atoms with Gasteiger partial charge in [0.2, 0.25) is 0 Å². The molecule has 0 aliphatic heterocycles. The van der Waals surface area contributed by atoms with Crippen LogP contribution in [0.15, 0.2) is 45.7 Å². The molecule has 4 aromatic rings. The first kappa shape index (κ1) is 18.9. The number of halogens is 1. The molecule has 0 unspecified atom stereocenters. The lowest BCUT2D eigenvalue weighted by Crippen LogP contribution is -2.22. The number of benzene rings is 2. The number of nitrogens with zero attached hydrogens (tertiary/aromatic N) is 2. The lowest BCUT2D eigenvalue weighted by molar-refractivity contribution is 0.390.